The Kier molecular flexibility index (Phi) is 3.38. The van der Waals surface area contributed by atoms with Gasteiger partial charge in [0, 0.05) is 19.0 Å². The molecule has 1 atom stereocenters. The topological polar surface area (TPSA) is 40.7 Å². The molecule has 100 valence electrons. The van der Waals surface area contributed by atoms with Crippen molar-refractivity contribution in [3.63, 3.8) is 0 Å². The van der Waals surface area contributed by atoms with E-state index in [1.807, 2.05) is 6.20 Å². The Morgan fingerprint density at radius 3 is 2.58 bits per heavy atom. The number of hydrogen-bond acceptors (Lipinski definition) is 2. The fourth-order valence-corrected chi connectivity index (χ4v) is 2.40. The van der Waals surface area contributed by atoms with E-state index in [4.69, 9.17) is 0 Å². The van der Waals surface area contributed by atoms with E-state index < -0.39 is 0 Å². The van der Waals surface area contributed by atoms with Crippen LogP contribution >= 0.6 is 0 Å². The van der Waals surface area contributed by atoms with Crippen LogP contribution in [0.25, 0.3) is 11.3 Å². The number of nitrogens with zero attached hydrogens (tertiary/aromatic N) is 1. The number of rotatable bonds is 4. The van der Waals surface area contributed by atoms with Gasteiger partial charge in [0.2, 0.25) is 0 Å². The van der Waals surface area contributed by atoms with Crippen LogP contribution in [-0.2, 0) is 0 Å². The Balaban J connectivity index is 1.79. The third-order valence-corrected chi connectivity index (χ3v) is 4.17. The van der Waals surface area contributed by atoms with Crippen molar-refractivity contribution < 1.29 is 0 Å². The van der Waals surface area contributed by atoms with Gasteiger partial charge in [-0.15, -0.1) is 0 Å². The summed E-state index contributed by atoms with van der Waals surface area (Å²) in [5.41, 5.74) is 3.75. The Morgan fingerprint density at radius 1 is 1.26 bits per heavy atom. The van der Waals surface area contributed by atoms with Gasteiger partial charge in [-0.25, -0.2) is 4.98 Å². The van der Waals surface area contributed by atoms with Gasteiger partial charge < -0.3 is 10.3 Å². The average Bonchev–Trinajstić information content (AvgIpc) is 2.85. The molecular formula is C16H21N3. The van der Waals surface area contributed by atoms with Crippen molar-refractivity contribution in [1.82, 2.24) is 15.3 Å². The minimum absolute atomic E-state index is 0.563. The van der Waals surface area contributed by atoms with Crippen molar-refractivity contribution in [2.75, 3.05) is 13.1 Å². The lowest BCUT2D eigenvalue weighted by Crippen LogP contribution is -2.40. The van der Waals surface area contributed by atoms with Crippen LogP contribution in [0, 0.1) is 0 Å². The molecule has 2 aromatic rings. The standard InChI is InChI=1S/C16H21N3/c1-3-11(2)12-4-6-13(7-5-12)15-10-18-16(19-15)14-8-17-9-14/h4-7,10-11,14,17H,3,8-9H2,1-2H3,(H,18,19). The molecule has 1 aliphatic rings. The number of benzene rings is 1. The zero-order chi connectivity index (χ0) is 13.2. The Labute approximate surface area is 114 Å². The average molecular weight is 255 g/mol. The lowest BCUT2D eigenvalue weighted by Gasteiger charge is -2.24. The molecule has 2 heterocycles. The summed E-state index contributed by atoms with van der Waals surface area (Å²) in [5.74, 6) is 2.31. The fraction of sp³-hybridized carbons (Fsp3) is 0.438. The maximum Gasteiger partial charge on any atom is 0.112 e. The minimum atomic E-state index is 0.563. The van der Waals surface area contributed by atoms with Crippen LogP contribution in [0.1, 0.15) is 43.5 Å². The molecule has 3 rings (SSSR count). The molecule has 0 aliphatic carbocycles. The highest BCUT2D eigenvalue weighted by atomic mass is 15.0. The third kappa shape index (κ3) is 2.43. The molecular weight excluding hydrogens is 234 g/mol. The van der Waals surface area contributed by atoms with Gasteiger partial charge in [-0.3, -0.25) is 0 Å². The van der Waals surface area contributed by atoms with Crippen molar-refractivity contribution in [3.8, 4) is 11.3 Å². The summed E-state index contributed by atoms with van der Waals surface area (Å²) in [6, 6.07) is 8.85. The lowest BCUT2D eigenvalue weighted by molar-refractivity contribution is 0.433. The van der Waals surface area contributed by atoms with Gasteiger partial charge >= 0.3 is 0 Å². The molecule has 1 aromatic heterocycles. The Morgan fingerprint density at radius 2 is 2.00 bits per heavy atom. The highest BCUT2D eigenvalue weighted by Gasteiger charge is 2.21. The highest BCUT2D eigenvalue weighted by molar-refractivity contribution is 5.59. The molecule has 1 fully saturated rings. The van der Waals surface area contributed by atoms with Gasteiger partial charge in [0.15, 0.2) is 0 Å². The molecule has 1 aliphatic heterocycles. The van der Waals surface area contributed by atoms with Crippen LogP contribution in [0.15, 0.2) is 30.5 Å². The van der Waals surface area contributed by atoms with Gasteiger partial charge in [-0.05, 0) is 23.5 Å². The smallest absolute Gasteiger partial charge is 0.112 e. The van der Waals surface area contributed by atoms with Crippen molar-refractivity contribution in [1.29, 1.82) is 0 Å². The van der Waals surface area contributed by atoms with E-state index in [1.165, 1.54) is 17.5 Å². The summed E-state index contributed by atoms with van der Waals surface area (Å²) in [7, 11) is 0. The van der Waals surface area contributed by atoms with E-state index in [9.17, 15) is 0 Å². The van der Waals surface area contributed by atoms with Crippen LogP contribution < -0.4 is 5.32 Å². The lowest BCUT2D eigenvalue weighted by atomic mass is 9.97. The van der Waals surface area contributed by atoms with Crippen LogP contribution in [0.4, 0.5) is 0 Å². The van der Waals surface area contributed by atoms with Crippen LogP contribution in [0.3, 0.4) is 0 Å². The van der Waals surface area contributed by atoms with E-state index in [-0.39, 0.29) is 0 Å². The van der Waals surface area contributed by atoms with Crippen molar-refractivity contribution in [3.05, 3.63) is 41.9 Å². The predicted octanol–water partition coefficient (Wildman–Crippen LogP) is 3.28. The van der Waals surface area contributed by atoms with E-state index in [1.54, 1.807) is 0 Å². The quantitative estimate of drug-likeness (QED) is 0.880. The normalized spacial score (nSPS) is 17.2. The van der Waals surface area contributed by atoms with Gasteiger partial charge in [-0.1, -0.05) is 38.1 Å². The van der Waals surface area contributed by atoms with Crippen molar-refractivity contribution in [2.24, 2.45) is 0 Å². The number of aromatic nitrogens is 2. The summed E-state index contributed by atoms with van der Waals surface area (Å²) in [6.45, 7) is 6.58. The predicted molar refractivity (Wildman–Crippen MR) is 78.3 cm³/mol. The summed E-state index contributed by atoms with van der Waals surface area (Å²) >= 11 is 0. The van der Waals surface area contributed by atoms with E-state index in [0.29, 0.717) is 11.8 Å². The third-order valence-electron chi connectivity index (χ3n) is 4.17. The molecule has 0 radical (unpaired) electrons. The monoisotopic (exact) mass is 255 g/mol. The second-order valence-corrected chi connectivity index (χ2v) is 5.47. The molecule has 2 N–H and O–H groups in total. The van der Waals surface area contributed by atoms with E-state index in [0.717, 1.165) is 24.6 Å². The van der Waals surface area contributed by atoms with Crippen LogP contribution in [-0.4, -0.2) is 23.1 Å². The largest absolute Gasteiger partial charge is 0.342 e. The van der Waals surface area contributed by atoms with E-state index in [2.05, 4.69) is 53.4 Å². The Hall–Kier alpha value is -1.61. The second-order valence-electron chi connectivity index (χ2n) is 5.47. The zero-order valence-electron chi connectivity index (χ0n) is 11.6. The van der Waals surface area contributed by atoms with Gasteiger partial charge in [0.05, 0.1) is 11.9 Å². The molecule has 0 amide bonds. The van der Waals surface area contributed by atoms with Crippen molar-refractivity contribution in [2.45, 2.75) is 32.1 Å². The minimum Gasteiger partial charge on any atom is -0.342 e. The fourth-order valence-electron chi connectivity index (χ4n) is 2.40. The first-order chi connectivity index (χ1) is 9.28. The molecule has 0 bridgehead atoms. The summed E-state index contributed by atoms with van der Waals surface area (Å²) in [5, 5.41) is 3.28. The number of nitrogens with one attached hydrogen (secondary N) is 2. The second kappa shape index (κ2) is 5.17. The SMILES string of the molecule is CCC(C)c1ccc(-c2cnc(C3CNC3)[nH]2)cc1. The number of hydrogen-bond donors (Lipinski definition) is 2. The number of imidazole rings is 1. The Bertz CT molecular complexity index is 537. The molecule has 0 spiro atoms. The number of aromatic amines is 1. The van der Waals surface area contributed by atoms with Gasteiger partial charge in [0.1, 0.15) is 5.82 Å². The maximum atomic E-state index is 4.49. The molecule has 3 heteroatoms. The highest BCUT2D eigenvalue weighted by Crippen LogP contribution is 2.25. The number of H-pyrrole nitrogens is 1. The maximum absolute atomic E-state index is 4.49. The van der Waals surface area contributed by atoms with Crippen LogP contribution in [0.2, 0.25) is 0 Å². The molecule has 1 unspecified atom stereocenters. The zero-order valence-corrected chi connectivity index (χ0v) is 11.6. The molecule has 0 saturated carbocycles. The summed E-state index contributed by atoms with van der Waals surface area (Å²) < 4.78 is 0. The molecule has 1 aromatic carbocycles. The first-order valence-electron chi connectivity index (χ1n) is 7.14. The van der Waals surface area contributed by atoms with E-state index >= 15 is 0 Å². The first kappa shape index (κ1) is 12.4. The van der Waals surface area contributed by atoms with Gasteiger partial charge in [-0.2, -0.15) is 0 Å². The molecule has 19 heavy (non-hydrogen) atoms. The summed E-state index contributed by atoms with van der Waals surface area (Å²) in [6.07, 6.45) is 3.13. The van der Waals surface area contributed by atoms with Crippen LogP contribution in [0.5, 0.6) is 0 Å². The van der Waals surface area contributed by atoms with Gasteiger partial charge in [0.25, 0.3) is 0 Å². The summed E-state index contributed by atoms with van der Waals surface area (Å²) in [4.78, 5) is 7.94. The first-order valence-corrected chi connectivity index (χ1v) is 7.14. The van der Waals surface area contributed by atoms with Crippen molar-refractivity contribution >= 4 is 0 Å². The molecule has 1 saturated heterocycles. The molecule has 3 nitrogen and oxygen atoms in total.